The number of hydrogen-bond acceptors (Lipinski definition) is 7. The summed E-state index contributed by atoms with van der Waals surface area (Å²) in [6.07, 6.45) is 2.13. The van der Waals surface area contributed by atoms with Crippen LogP contribution in [0.4, 0.5) is 10.5 Å². The number of likely N-dealkylation sites (tertiary alicyclic amines) is 1. The molecule has 3 aromatic carbocycles. The molecule has 0 spiro atoms. The maximum absolute atomic E-state index is 12.8. The average molecular weight is 644 g/mol. The fourth-order valence-corrected chi connectivity index (χ4v) is 6.83. The Bertz CT molecular complexity index is 1400. The van der Waals surface area contributed by atoms with E-state index in [-0.39, 0.29) is 18.1 Å². The summed E-state index contributed by atoms with van der Waals surface area (Å²) in [6.45, 7) is 6.92. The van der Waals surface area contributed by atoms with Gasteiger partial charge in [0.05, 0.1) is 31.9 Å². The molecule has 0 aromatic heterocycles. The number of hydrogen-bond donors (Lipinski definition) is 1. The number of methoxy groups -OCH3 is 2. The number of benzene rings is 3. The molecule has 252 valence electrons. The summed E-state index contributed by atoms with van der Waals surface area (Å²) < 4.78 is 22.1. The fourth-order valence-electron chi connectivity index (χ4n) is 6.83. The first-order valence-electron chi connectivity index (χ1n) is 16.8. The van der Waals surface area contributed by atoms with Crippen LogP contribution in [0.1, 0.15) is 37.3 Å². The van der Waals surface area contributed by atoms with Crippen LogP contribution in [-0.4, -0.2) is 87.8 Å². The standard InChI is InChI=1S/C38H49N3O6/c1-4-41(27-37(44-2)45-3)36(42)19-21-46-20-18-28-14-16-29(17-15-28)24-40-25-31-22-33(23-32(31)26-40)47-38(43)39-35-13-9-8-12-34(35)30-10-6-5-7-11-30/h5-17,31-33,37H,4,18-27H2,1-3H3,(H,39,43)/t31-,32+,33?. The number of ether oxygens (including phenoxy) is 4. The summed E-state index contributed by atoms with van der Waals surface area (Å²) in [7, 11) is 3.14. The Labute approximate surface area is 279 Å². The quantitative estimate of drug-likeness (QED) is 0.146. The van der Waals surface area contributed by atoms with Gasteiger partial charge >= 0.3 is 6.09 Å². The minimum absolute atomic E-state index is 0.0382. The van der Waals surface area contributed by atoms with E-state index >= 15 is 0 Å². The summed E-state index contributed by atoms with van der Waals surface area (Å²) in [4.78, 5) is 29.6. The molecule has 1 unspecified atom stereocenters. The van der Waals surface area contributed by atoms with Gasteiger partial charge in [0.1, 0.15) is 6.10 Å². The number of anilines is 1. The molecule has 1 N–H and O–H groups in total. The second kappa shape index (κ2) is 17.4. The minimum Gasteiger partial charge on any atom is -0.446 e. The summed E-state index contributed by atoms with van der Waals surface area (Å²) in [5, 5.41) is 2.98. The Morgan fingerprint density at radius 2 is 1.53 bits per heavy atom. The molecular weight excluding hydrogens is 594 g/mol. The van der Waals surface area contributed by atoms with E-state index in [0.29, 0.717) is 44.6 Å². The molecule has 1 saturated heterocycles. The van der Waals surface area contributed by atoms with Crippen molar-refractivity contribution >= 4 is 17.7 Å². The highest BCUT2D eigenvalue weighted by atomic mass is 16.7. The molecule has 1 saturated carbocycles. The summed E-state index contributed by atoms with van der Waals surface area (Å²) in [5.74, 6) is 1.15. The molecule has 1 aliphatic heterocycles. The van der Waals surface area contributed by atoms with E-state index < -0.39 is 6.29 Å². The summed E-state index contributed by atoms with van der Waals surface area (Å²) >= 11 is 0. The Kier molecular flexibility index (Phi) is 12.8. The van der Waals surface area contributed by atoms with Crippen molar-refractivity contribution < 1.29 is 28.5 Å². The number of nitrogens with one attached hydrogen (secondary N) is 1. The number of para-hydroxylation sites is 1. The number of rotatable bonds is 16. The van der Waals surface area contributed by atoms with E-state index in [4.69, 9.17) is 18.9 Å². The highest BCUT2D eigenvalue weighted by Gasteiger charge is 2.42. The van der Waals surface area contributed by atoms with Crippen LogP contribution in [0.2, 0.25) is 0 Å². The van der Waals surface area contributed by atoms with E-state index in [1.54, 1.807) is 19.1 Å². The third-order valence-electron chi connectivity index (χ3n) is 9.36. The Morgan fingerprint density at radius 1 is 0.872 bits per heavy atom. The molecule has 2 amide bonds. The lowest BCUT2D eigenvalue weighted by atomic mass is 10.0. The van der Waals surface area contributed by atoms with E-state index in [0.717, 1.165) is 55.7 Å². The number of fused-ring (bicyclic) bond motifs is 1. The van der Waals surface area contributed by atoms with Gasteiger partial charge in [0.15, 0.2) is 6.29 Å². The number of amides is 2. The third-order valence-corrected chi connectivity index (χ3v) is 9.36. The van der Waals surface area contributed by atoms with Crippen molar-refractivity contribution in [1.82, 2.24) is 9.80 Å². The van der Waals surface area contributed by atoms with Gasteiger partial charge in [-0.15, -0.1) is 0 Å². The molecule has 9 nitrogen and oxygen atoms in total. The minimum atomic E-state index is -0.421. The van der Waals surface area contributed by atoms with Crippen LogP contribution in [0.15, 0.2) is 78.9 Å². The molecule has 47 heavy (non-hydrogen) atoms. The lowest BCUT2D eigenvalue weighted by molar-refractivity contribution is -0.145. The normalized spacial score (nSPS) is 19.1. The van der Waals surface area contributed by atoms with Crippen LogP contribution >= 0.6 is 0 Å². The Balaban J connectivity index is 0.982. The summed E-state index contributed by atoms with van der Waals surface area (Å²) in [5.41, 5.74) is 5.32. The molecule has 5 rings (SSSR count). The molecule has 3 aromatic rings. The number of carbonyl (C=O) groups is 2. The van der Waals surface area contributed by atoms with E-state index in [1.807, 2.05) is 61.5 Å². The Hall–Kier alpha value is -3.76. The van der Waals surface area contributed by atoms with Gasteiger partial charge in [-0.05, 0) is 60.8 Å². The van der Waals surface area contributed by atoms with Crippen LogP contribution in [0.25, 0.3) is 11.1 Å². The van der Waals surface area contributed by atoms with E-state index in [9.17, 15) is 9.59 Å². The van der Waals surface area contributed by atoms with E-state index in [2.05, 4.69) is 34.5 Å². The second-order valence-electron chi connectivity index (χ2n) is 12.5. The smallest absolute Gasteiger partial charge is 0.411 e. The lowest BCUT2D eigenvalue weighted by Gasteiger charge is -2.25. The maximum atomic E-state index is 12.8. The second-order valence-corrected chi connectivity index (χ2v) is 12.5. The molecule has 0 bridgehead atoms. The number of likely N-dealkylation sites (N-methyl/N-ethyl adjacent to an activating group) is 1. The van der Waals surface area contributed by atoms with Crippen molar-refractivity contribution in [2.24, 2.45) is 11.8 Å². The van der Waals surface area contributed by atoms with Crippen LogP contribution < -0.4 is 5.32 Å². The Morgan fingerprint density at radius 3 is 2.21 bits per heavy atom. The highest BCUT2D eigenvalue weighted by molar-refractivity contribution is 5.91. The van der Waals surface area contributed by atoms with Gasteiger partial charge in [0.25, 0.3) is 0 Å². The molecular formula is C38H49N3O6. The monoisotopic (exact) mass is 643 g/mol. The number of nitrogens with zero attached hydrogens (tertiary/aromatic N) is 2. The summed E-state index contributed by atoms with van der Waals surface area (Å²) in [6, 6.07) is 26.7. The zero-order valence-electron chi connectivity index (χ0n) is 27.9. The molecule has 0 radical (unpaired) electrons. The van der Waals surface area contributed by atoms with Crippen LogP contribution in [0.5, 0.6) is 0 Å². The van der Waals surface area contributed by atoms with Crippen molar-refractivity contribution in [2.75, 3.05) is 58.9 Å². The first-order chi connectivity index (χ1) is 22.9. The van der Waals surface area contributed by atoms with Gasteiger partial charge in [0.2, 0.25) is 5.91 Å². The van der Waals surface area contributed by atoms with Crippen LogP contribution in [0.3, 0.4) is 0 Å². The first kappa shape index (κ1) is 34.6. The van der Waals surface area contributed by atoms with Crippen LogP contribution in [-0.2, 0) is 36.7 Å². The molecule has 2 aliphatic rings. The third kappa shape index (κ3) is 9.87. The van der Waals surface area contributed by atoms with E-state index in [1.165, 1.54) is 11.1 Å². The largest absolute Gasteiger partial charge is 0.446 e. The SMILES string of the molecule is CCN(CC(OC)OC)C(=O)CCOCCc1ccc(CN2C[C@H]3CC(OC(=O)Nc4ccccc4-c4ccccc4)C[C@H]3C2)cc1. The molecule has 3 atom stereocenters. The van der Waals surface area contributed by atoms with Crippen LogP contribution in [0, 0.1) is 11.8 Å². The molecule has 9 heteroatoms. The molecule has 1 heterocycles. The lowest BCUT2D eigenvalue weighted by Crippen LogP contribution is -2.39. The van der Waals surface area contributed by atoms with Crippen molar-refractivity contribution in [2.45, 2.75) is 51.5 Å². The highest BCUT2D eigenvalue weighted by Crippen LogP contribution is 2.40. The van der Waals surface area contributed by atoms with Crippen molar-refractivity contribution in [1.29, 1.82) is 0 Å². The fraction of sp³-hybridized carbons (Fsp3) is 0.474. The first-order valence-corrected chi connectivity index (χ1v) is 16.8. The van der Waals surface area contributed by atoms with Crippen molar-refractivity contribution in [3.05, 3.63) is 90.0 Å². The zero-order valence-corrected chi connectivity index (χ0v) is 27.9. The van der Waals surface area contributed by atoms with Gasteiger partial charge < -0.3 is 23.8 Å². The van der Waals surface area contributed by atoms with Gasteiger partial charge in [-0.1, -0.05) is 72.8 Å². The van der Waals surface area contributed by atoms with Gasteiger partial charge in [-0.3, -0.25) is 15.0 Å². The molecule has 2 fully saturated rings. The van der Waals surface area contributed by atoms with Crippen molar-refractivity contribution in [3.63, 3.8) is 0 Å². The van der Waals surface area contributed by atoms with Gasteiger partial charge in [-0.2, -0.15) is 0 Å². The zero-order chi connectivity index (χ0) is 33.0. The predicted molar refractivity (Wildman–Crippen MR) is 183 cm³/mol. The maximum Gasteiger partial charge on any atom is 0.411 e. The van der Waals surface area contributed by atoms with Gasteiger partial charge in [0, 0.05) is 46.0 Å². The number of carbonyl (C=O) groups excluding carboxylic acids is 2. The average Bonchev–Trinajstić information content (AvgIpc) is 3.64. The topological polar surface area (TPSA) is 89.6 Å². The molecule has 1 aliphatic carbocycles. The van der Waals surface area contributed by atoms with Gasteiger partial charge in [-0.25, -0.2) is 4.79 Å². The predicted octanol–water partition coefficient (Wildman–Crippen LogP) is 6.23. The van der Waals surface area contributed by atoms with Crippen molar-refractivity contribution in [3.8, 4) is 11.1 Å².